The van der Waals surface area contributed by atoms with Gasteiger partial charge in [-0.25, -0.2) is 4.98 Å². The smallest absolute Gasteiger partial charge is 0.238 e. The minimum Gasteiger partial charge on any atom is -0.277 e. The first-order valence-corrected chi connectivity index (χ1v) is 11.1. The second-order valence-electron chi connectivity index (χ2n) is 8.29. The molecule has 0 saturated carbocycles. The van der Waals surface area contributed by atoms with Gasteiger partial charge in [0.2, 0.25) is 5.95 Å². The van der Waals surface area contributed by atoms with Crippen molar-refractivity contribution in [2.24, 2.45) is 0 Å². The highest BCUT2D eigenvalue weighted by Crippen LogP contribution is 2.37. The molecule has 0 aliphatic carbocycles. The van der Waals surface area contributed by atoms with Gasteiger partial charge in [-0.1, -0.05) is 96.6 Å². The third-order valence-electron chi connectivity index (χ3n) is 6.02. The minimum atomic E-state index is 0.632. The molecule has 2 heterocycles. The van der Waals surface area contributed by atoms with Crippen LogP contribution >= 0.6 is 0 Å². The lowest BCUT2D eigenvalue weighted by Gasteiger charge is -2.12. The first-order valence-electron chi connectivity index (χ1n) is 11.1. The Balaban J connectivity index is 1.71. The van der Waals surface area contributed by atoms with Gasteiger partial charge < -0.3 is 0 Å². The molecule has 0 unspecified atom stereocenters. The maximum absolute atomic E-state index is 4.94. The molecule has 0 saturated heterocycles. The minimum absolute atomic E-state index is 0.632. The molecule has 4 aromatic carbocycles. The van der Waals surface area contributed by atoms with E-state index in [1.54, 1.807) is 0 Å². The zero-order chi connectivity index (χ0) is 22.4. The zero-order valence-corrected chi connectivity index (χ0v) is 18.5. The molecule has 4 heteroatoms. The monoisotopic (exact) mass is 426 g/mol. The lowest BCUT2D eigenvalue weighted by atomic mass is 10.0. The summed E-state index contributed by atoms with van der Waals surface area (Å²) < 4.78 is 2.18. The van der Waals surface area contributed by atoms with Crippen LogP contribution in [0, 0.1) is 13.8 Å². The number of nitrogens with zero attached hydrogens (tertiary/aromatic N) is 4. The van der Waals surface area contributed by atoms with Crippen LogP contribution in [0.2, 0.25) is 0 Å². The van der Waals surface area contributed by atoms with E-state index >= 15 is 0 Å². The van der Waals surface area contributed by atoms with Crippen molar-refractivity contribution in [3.8, 4) is 28.5 Å². The van der Waals surface area contributed by atoms with Crippen molar-refractivity contribution in [1.82, 2.24) is 19.5 Å². The maximum atomic E-state index is 4.94. The van der Waals surface area contributed by atoms with Crippen LogP contribution in [0.3, 0.4) is 0 Å². The van der Waals surface area contributed by atoms with Crippen LogP contribution in [0.15, 0.2) is 97.1 Å². The van der Waals surface area contributed by atoms with E-state index in [1.807, 2.05) is 37.3 Å². The van der Waals surface area contributed by atoms with E-state index in [2.05, 4.69) is 83.2 Å². The Bertz CT molecular complexity index is 1610. The van der Waals surface area contributed by atoms with E-state index in [1.165, 1.54) is 21.9 Å². The Morgan fingerprint density at radius 2 is 1.30 bits per heavy atom. The molecule has 2 aromatic heterocycles. The number of para-hydroxylation sites is 2. The van der Waals surface area contributed by atoms with Gasteiger partial charge in [-0.05, 0) is 25.5 Å². The van der Waals surface area contributed by atoms with Gasteiger partial charge >= 0.3 is 0 Å². The Kier molecular flexibility index (Phi) is 4.51. The highest BCUT2D eigenvalue weighted by molar-refractivity contribution is 6.13. The van der Waals surface area contributed by atoms with Crippen LogP contribution < -0.4 is 0 Å². The predicted molar refractivity (Wildman–Crippen MR) is 135 cm³/mol. The molecule has 0 bridgehead atoms. The molecular weight excluding hydrogens is 404 g/mol. The van der Waals surface area contributed by atoms with Crippen LogP contribution in [-0.2, 0) is 0 Å². The van der Waals surface area contributed by atoms with Gasteiger partial charge in [0.05, 0.1) is 11.0 Å². The molecule has 0 aliphatic heterocycles. The number of hydrogen-bond donors (Lipinski definition) is 0. The summed E-state index contributed by atoms with van der Waals surface area (Å²) >= 11 is 0. The number of aromatic nitrogens is 4. The number of hydrogen-bond acceptors (Lipinski definition) is 3. The topological polar surface area (TPSA) is 43.6 Å². The zero-order valence-electron chi connectivity index (χ0n) is 18.5. The van der Waals surface area contributed by atoms with Crippen molar-refractivity contribution in [2.45, 2.75) is 13.8 Å². The van der Waals surface area contributed by atoms with Crippen molar-refractivity contribution >= 4 is 21.8 Å². The van der Waals surface area contributed by atoms with E-state index < -0.39 is 0 Å². The molecule has 6 aromatic rings. The summed E-state index contributed by atoms with van der Waals surface area (Å²) in [6.07, 6.45) is 0. The highest BCUT2D eigenvalue weighted by Gasteiger charge is 2.19. The number of rotatable bonds is 3. The van der Waals surface area contributed by atoms with Gasteiger partial charge in [0, 0.05) is 21.9 Å². The fourth-order valence-electron chi connectivity index (χ4n) is 4.48. The molecular formula is C29H22N4. The van der Waals surface area contributed by atoms with Crippen LogP contribution in [0.5, 0.6) is 0 Å². The Labute approximate surface area is 192 Å². The fourth-order valence-corrected chi connectivity index (χ4v) is 4.48. The van der Waals surface area contributed by atoms with Gasteiger partial charge in [0.25, 0.3) is 0 Å². The lowest BCUT2D eigenvalue weighted by Crippen LogP contribution is -2.06. The van der Waals surface area contributed by atoms with Gasteiger partial charge in [-0.3, -0.25) is 4.57 Å². The Morgan fingerprint density at radius 3 is 2.12 bits per heavy atom. The first kappa shape index (κ1) is 19.4. The van der Waals surface area contributed by atoms with Gasteiger partial charge in [-0.2, -0.15) is 9.97 Å². The summed E-state index contributed by atoms with van der Waals surface area (Å²) in [7, 11) is 0. The predicted octanol–water partition coefficient (Wildman–Crippen LogP) is 6.92. The van der Waals surface area contributed by atoms with E-state index in [0.717, 1.165) is 22.2 Å². The van der Waals surface area contributed by atoms with Crippen molar-refractivity contribution in [1.29, 1.82) is 0 Å². The van der Waals surface area contributed by atoms with Crippen LogP contribution in [-0.4, -0.2) is 19.5 Å². The molecule has 4 nitrogen and oxygen atoms in total. The fraction of sp³-hybridized carbons (Fsp3) is 0.0690. The molecule has 158 valence electrons. The van der Waals surface area contributed by atoms with Crippen molar-refractivity contribution in [2.75, 3.05) is 0 Å². The summed E-state index contributed by atoms with van der Waals surface area (Å²) in [4.78, 5) is 14.4. The molecule has 0 N–H and O–H groups in total. The average Bonchev–Trinajstić information content (AvgIpc) is 3.19. The van der Waals surface area contributed by atoms with Gasteiger partial charge in [-0.15, -0.1) is 0 Å². The first-order chi connectivity index (χ1) is 16.2. The summed E-state index contributed by atoms with van der Waals surface area (Å²) in [5.41, 5.74) is 6.73. The van der Waals surface area contributed by atoms with Crippen molar-refractivity contribution in [3.05, 3.63) is 108 Å². The standard InChI is InChI=1S/C29H22N4/c1-19-15-17-21(18-16-19)23-12-8-13-25-24-11-6-7-14-26(24)33(27(23)25)29-31-20(2)30-28(32-29)22-9-4-3-5-10-22/h3-18H,1-2H3. The quantitative estimate of drug-likeness (QED) is 0.308. The molecule has 6 rings (SSSR count). The van der Waals surface area contributed by atoms with Crippen molar-refractivity contribution in [3.63, 3.8) is 0 Å². The maximum Gasteiger partial charge on any atom is 0.238 e. The van der Waals surface area contributed by atoms with Crippen LogP contribution in [0.1, 0.15) is 11.4 Å². The second kappa shape index (κ2) is 7.68. The highest BCUT2D eigenvalue weighted by atomic mass is 15.2. The second-order valence-corrected chi connectivity index (χ2v) is 8.29. The summed E-state index contributed by atoms with van der Waals surface area (Å²) in [5.74, 6) is 2.00. The van der Waals surface area contributed by atoms with E-state index in [9.17, 15) is 0 Å². The molecule has 0 spiro atoms. The average molecular weight is 427 g/mol. The van der Waals surface area contributed by atoms with Crippen molar-refractivity contribution < 1.29 is 0 Å². The van der Waals surface area contributed by atoms with E-state index in [4.69, 9.17) is 9.97 Å². The van der Waals surface area contributed by atoms with Gasteiger partial charge in [0.1, 0.15) is 5.82 Å². The molecule has 0 radical (unpaired) electrons. The third kappa shape index (κ3) is 3.28. The molecule has 0 atom stereocenters. The SMILES string of the molecule is Cc1ccc(-c2cccc3c4ccccc4n(-c4nc(C)nc(-c5ccccc5)n4)c23)cc1. The lowest BCUT2D eigenvalue weighted by molar-refractivity contribution is 0.907. The number of benzene rings is 4. The van der Waals surface area contributed by atoms with Crippen LogP contribution in [0.4, 0.5) is 0 Å². The van der Waals surface area contributed by atoms with E-state index in [0.29, 0.717) is 17.6 Å². The Morgan fingerprint density at radius 1 is 0.576 bits per heavy atom. The van der Waals surface area contributed by atoms with E-state index in [-0.39, 0.29) is 0 Å². The summed E-state index contributed by atoms with van der Waals surface area (Å²) in [5, 5.41) is 2.36. The number of fused-ring (bicyclic) bond motifs is 3. The molecule has 0 fully saturated rings. The Hall–Kier alpha value is -4.31. The molecule has 0 aliphatic rings. The summed E-state index contributed by atoms with van der Waals surface area (Å²) in [6.45, 7) is 4.03. The normalized spacial score (nSPS) is 11.3. The largest absolute Gasteiger partial charge is 0.277 e. The van der Waals surface area contributed by atoms with Gasteiger partial charge in [0.15, 0.2) is 5.82 Å². The van der Waals surface area contributed by atoms with Crippen LogP contribution in [0.25, 0.3) is 50.3 Å². The molecule has 0 amide bonds. The third-order valence-corrected chi connectivity index (χ3v) is 6.02. The summed E-state index contributed by atoms with van der Waals surface area (Å²) in [6, 6.07) is 33.7. The number of aryl methyl sites for hydroxylation is 2. The molecule has 33 heavy (non-hydrogen) atoms.